The molecule has 3 heterocycles. The molecule has 2 N–H and O–H groups in total. The van der Waals surface area contributed by atoms with Gasteiger partial charge in [0.05, 0.1) is 19.1 Å². The summed E-state index contributed by atoms with van der Waals surface area (Å²) in [6.45, 7) is 13.1. The van der Waals surface area contributed by atoms with Crippen LogP contribution in [0.25, 0.3) is 0 Å². The second kappa shape index (κ2) is 16.2. The van der Waals surface area contributed by atoms with Crippen LogP contribution in [0.1, 0.15) is 87.0 Å². The third-order valence-electron chi connectivity index (χ3n) is 9.57. The summed E-state index contributed by atoms with van der Waals surface area (Å²) in [6.07, 6.45) is 0.325. The standard InChI is InChI=1S/C33H55N5O9/c1-10-20(4)26-31(43)37(9)27(19(2)3)32(44)36(8)21(5)28(40)34-16-15-25(39)46-24(14-13-22-18-45-33(6,7)47-22)30(42)38-17-11-12-23(38)29(41)35-26/h19-24,26-27H,10-18H2,1-9H3,(H,34,40)(H,35,41)/t20-,21-,22?,23-,24+,26-,27?/m0/s1. The van der Waals surface area contributed by atoms with Crippen LogP contribution in [0, 0.1) is 11.8 Å². The number of ether oxygens (including phenoxy) is 3. The Bertz CT molecular complexity index is 1180. The highest BCUT2D eigenvalue weighted by molar-refractivity contribution is 5.96. The first-order valence-corrected chi connectivity index (χ1v) is 16.9. The van der Waals surface area contributed by atoms with Gasteiger partial charge in [-0.1, -0.05) is 34.1 Å². The summed E-state index contributed by atoms with van der Waals surface area (Å²) in [7, 11) is 3.03. The van der Waals surface area contributed by atoms with Crippen LogP contribution < -0.4 is 10.6 Å². The Morgan fingerprint density at radius 2 is 1.62 bits per heavy atom. The van der Waals surface area contributed by atoms with E-state index in [0.717, 1.165) is 0 Å². The molecule has 0 saturated carbocycles. The number of nitrogens with one attached hydrogen (secondary N) is 2. The van der Waals surface area contributed by atoms with E-state index in [-0.39, 0.29) is 43.9 Å². The van der Waals surface area contributed by atoms with Crippen LogP contribution >= 0.6 is 0 Å². The van der Waals surface area contributed by atoms with Gasteiger partial charge in [-0.05, 0) is 58.3 Å². The van der Waals surface area contributed by atoms with Crippen molar-refractivity contribution in [1.29, 1.82) is 0 Å². The van der Waals surface area contributed by atoms with Crippen LogP contribution in [-0.4, -0.2) is 126 Å². The van der Waals surface area contributed by atoms with E-state index in [4.69, 9.17) is 14.2 Å². The van der Waals surface area contributed by atoms with Gasteiger partial charge in [-0.15, -0.1) is 0 Å². The predicted octanol–water partition coefficient (Wildman–Crippen LogP) is 1.20. The van der Waals surface area contributed by atoms with E-state index in [2.05, 4.69) is 10.6 Å². The molecule has 47 heavy (non-hydrogen) atoms. The molecular weight excluding hydrogens is 610 g/mol. The molecule has 0 radical (unpaired) electrons. The van der Waals surface area contributed by atoms with Crippen molar-refractivity contribution in [3.8, 4) is 0 Å². The molecular formula is C33H55N5O9. The quantitative estimate of drug-likeness (QED) is 0.397. The van der Waals surface area contributed by atoms with Crippen LogP contribution in [0.2, 0.25) is 0 Å². The predicted molar refractivity (Wildman–Crippen MR) is 171 cm³/mol. The maximum atomic E-state index is 14.0. The summed E-state index contributed by atoms with van der Waals surface area (Å²) < 4.78 is 17.2. The van der Waals surface area contributed by atoms with Crippen molar-refractivity contribution >= 4 is 35.5 Å². The molecule has 3 fully saturated rings. The zero-order valence-electron chi connectivity index (χ0n) is 29.5. The number of likely N-dealkylation sites (N-methyl/N-ethyl adjacent to an activating group) is 2. The van der Waals surface area contributed by atoms with Gasteiger partial charge in [0, 0.05) is 27.2 Å². The minimum Gasteiger partial charge on any atom is -0.452 e. The summed E-state index contributed by atoms with van der Waals surface area (Å²) in [5.41, 5.74) is 0. The van der Waals surface area contributed by atoms with E-state index in [1.165, 1.54) is 28.8 Å². The Kier molecular flexibility index (Phi) is 13.2. The highest BCUT2D eigenvalue weighted by atomic mass is 16.7. The summed E-state index contributed by atoms with van der Waals surface area (Å²) >= 11 is 0. The zero-order chi connectivity index (χ0) is 35.2. The van der Waals surface area contributed by atoms with Crippen LogP contribution in [0.15, 0.2) is 0 Å². The van der Waals surface area contributed by atoms with Gasteiger partial charge in [0.2, 0.25) is 23.6 Å². The van der Waals surface area contributed by atoms with Crippen LogP contribution in [0.5, 0.6) is 0 Å². The number of rotatable bonds is 6. The van der Waals surface area contributed by atoms with Crippen LogP contribution in [0.4, 0.5) is 0 Å². The van der Waals surface area contributed by atoms with Crippen LogP contribution in [-0.2, 0) is 43.0 Å². The SMILES string of the molecule is CC[C@H](C)[C@@H]1NC(=O)[C@@H]2CCCN2C(=O)[C@@H](CCC2COC(C)(C)O2)OC(=O)CCNC(=O)[C@H](C)N(C)C(=O)C(C(C)C)N(C)C1=O. The number of hydrogen-bond acceptors (Lipinski definition) is 9. The average molecular weight is 666 g/mol. The average Bonchev–Trinajstić information content (AvgIpc) is 3.65. The number of carbonyl (C=O) groups is 6. The molecule has 3 aliphatic rings. The Hall–Kier alpha value is -3.26. The van der Waals surface area contributed by atoms with E-state index in [9.17, 15) is 28.8 Å². The molecule has 14 nitrogen and oxygen atoms in total. The third-order valence-corrected chi connectivity index (χ3v) is 9.57. The summed E-state index contributed by atoms with van der Waals surface area (Å²) in [6, 6.07) is -3.65. The molecule has 266 valence electrons. The number of carbonyl (C=O) groups excluding carboxylic acids is 6. The van der Waals surface area contributed by atoms with Crippen molar-refractivity contribution in [2.75, 3.05) is 33.8 Å². The smallest absolute Gasteiger partial charge is 0.308 e. The lowest BCUT2D eigenvalue weighted by Gasteiger charge is -2.38. The highest BCUT2D eigenvalue weighted by Gasteiger charge is 2.43. The fourth-order valence-electron chi connectivity index (χ4n) is 6.38. The molecule has 2 unspecified atom stereocenters. The fourth-order valence-corrected chi connectivity index (χ4v) is 6.38. The second-order valence-electron chi connectivity index (χ2n) is 13.9. The highest BCUT2D eigenvalue weighted by Crippen LogP contribution is 2.27. The molecule has 0 aromatic heterocycles. The first kappa shape index (κ1) is 38.2. The third kappa shape index (κ3) is 9.43. The monoisotopic (exact) mass is 665 g/mol. The van der Waals surface area contributed by atoms with Crippen molar-refractivity contribution in [3.05, 3.63) is 0 Å². The lowest BCUT2D eigenvalue weighted by atomic mass is 9.94. The lowest BCUT2D eigenvalue weighted by molar-refractivity contribution is -0.163. The van der Waals surface area contributed by atoms with Crippen molar-refractivity contribution in [3.63, 3.8) is 0 Å². The molecule has 3 saturated heterocycles. The molecule has 0 aliphatic carbocycles. The Labute approximate surface area is 278 Å². The largest absolute Gasteiger partial charge is 0.452 e. The van der Waals surface area contributed by atoms with Gasteiger partial charge in [-0.25, -0.2) is 0 Å². The van der Waals surface area contributed by atoms with E-state index in [0.29, 0.717) is 32.3 Å². The van der Waals surface area contributed by atoms with Gasteiger partial charge in [0.15, 0.2) is 11.9 Å². The Balaban J connectivity index is 1.96. The number of amides is 5. The lowest BCUT2D eigenvalue weighted by Crippen LogP contribution is -2.60. The molecule has 5 amide bonds. The maximum Gasteiger partial charge on any atom is 0.308 e. The van der Waals surface area contributed by atoms with Crippen LogP contribution in [0.3, 0.4) is 0 Å². The molecule has 0 aromatic rings. The normalized spacial score (nSPS) is 31.1. The number of nitrogens with zero attached hydrogens (tertiary/aromatic N) is 3. The first-order valence-electron chi connectivity index (χ1n) is 16.9. The molecule has 3 aliphatic heterocycles. The van der Waals surface area contributed by atoms with Crippen molar-refractivity contribution < 1.29 is 43.0 Å². The molecule has 0 spiro atoms. The number of cyclic esters (lactones) is 1. The van der Waals surface area contributed by atoms with E-state index in [1.807, 2.05) is 27.7 Å². The van der Waals surface area contributed by atoms with Gasteiger partial charge in [-0.3, -0.25) is 28.8 Å². The zero-order valence-corrected chi connectivity index (χ0v) is 29.5. The van der Waals surface area contributed by atoms with Gasteiger partial charge in [-0.2, -0.15) is 0 Å². The number of hydrogen-bond donors (Lipinski definition) is 2. The molecule has 0 aromatic carbocycles. The van der Waals surface area contributed by atoms with Gasteiger partial charge >= 0.3 is 5.97 Å². The van der Waals surface area contributed by atoms with Crippen molar-refractivity contribution in [1.82, 2.24) is 25.3 Å². The summed E-state index contributed by atoms with van der Waals surface area (Å²) in [5, 5.41) is 5.58. The van der Waals surface area contributed by atoms with E-state index in [1.54, 1.807) is 20.8 Å². The second-order valence-corrected chi connectivity index (χ2v) is 13.9. The van der Waals surface area contributed by atoms with Gasteiger partial charge in [0.1, 0.15) is 24.2 Å². The fraction of sp³-hybridized carbons (Fsp3) is 0.818. The van der Waals surface area contributed by atoms with Crippen molar-refractivity contribution in [2.24, 2.45) is 11.8 Å². The van der Waals surface area contributed by atoms with E-state index < -0.39 is 71.6 Å². The number of esters is 1. The van der Waals surface area contributed by atoms with E-state index >= 15 is 0 Å². The molecule has 3 rings (SSSR count). The minimum atomic E-state index is -1.19. The van der Waals surface area contributed by atoms with Crippen molar-refractivity contribution in [2.45, 2.75) is 129 Å². The topological polar surface area (TPSA) is 164 Å². The van der Waals surface area contributed by atoms with Gasteiger partial charge in [0.25, 0.3) is 5.91 Å². The minimum absolute atomic E-state index is 0.0734. The van der Waals surface area contributed by atoms with Gasteiger partial charge < -0.3 is 39.5 Å². The summed E-state index contributed by atoms with van der Waals surface area (Å²) in [5.74, 6) is -4.38. The molecule has 14 heteroatoms. The Morgan fingerprint density at radius 1 is 0.936 bits per heavy atom. The maximum absolute atomic E-state index is 14.0. The molecule has 0 bridgehead atoms. The Morgan fingerprint density at radius 3 is 2.21 bits per heavy atom. The summed E-state index contributed by atoms with van der Waals surface area (Å²) in [4.78, 5) is 85.7. The first-order chi connectivity index (χ1) is 22.0. The molecule has 7 atom stereocenters. The number of fused-ring (bicyclic) bond motifs is 1.